The van der Waals surface area contributed by atoms with E-state index in [0.29, 0.717) is 5.41 Å². The molecule has 0 saturated heterocycles. The van der Waals surface area contributed by atoms with Crippen molar-refractivity contribution >= 4 is 11.5 Å². The summed E-state index contributed by atoms with van der Waals surface area (Å²) in [6.07, 6.45) is 9.05. The van der Waals surface area contributed by atoms with Crippen LogP contribution in [-0.2, 0) is 0 Å². The van der Waals surface area contributed by atoms with Crippen molar-refractivity contribution in [2.45, 2.75) is 32.6 Å². The number of hydrogen-bond acceptors (Lipinski definition) is 3. The van der Waals surface area contributed by atoms with E-state index >= 15 is 0 Å². The number of hydrogen-bond donors (Lipinski definition) is 1. The van der Waals surface area contributed by atoms with Crippen LogP contribution in [0, 0.1) is 5.41 Å². The van der Waals surface area contributed by atoms with Gasteiger partial charge in [0.05, 0.1) is 6.20 Å². The van der Waals surface area contributed by atoms with Gasteiger partial charge in [-0.25, -0.2) is 9.50 Å². The van der Waals surface area contributed by atoms with Gasteiger partial charge >= 0.3 is 0 Å². The molecule has 0 atom stereocenters. The van der Waals surface area contributed by atoms with E-state index in [0.717, 1.165) is 18.0 Å². The molecule has 0 aromatic carbocycles. The minimum absolute atomic E-state index is 0.558. The van der Waals surface area contributed by atoms with Crippen molar-refractivity contribution in [3.63, 3.8) is 0 Å². The van der Waals surface area contributed by atoms with Crippen molar-refractivity contribution in [3.8, 4) is 0 Å². The van der Waals surface area contributed by atoms with Crippen LogP contribution in [-0.4, -0.2) is 21.1 Å². The lowest BCUT2D eigenvalue weighted by atomic mass is 10.0. The van der Waals surface area contributed by atoms with Gasteiger partial charge in [-0.3, -0.25) is 0 Å². The summed E-state index contributed by atoms with van der Waals surface area (Å²) in [4.78, 5) is 4.52. The lowest BCUT2D eigenvalue weighted by Crippen LogP contribution is -2.16. The molecule has 1 N–H and O–H groups in total. The number of anilines is 1. The first-order valence-corrected chi connectivity index (χ1v) is 6.36. The molecule has 4 nitrogen and oxygen atoms in total. The fraction of sp³-hybridized carbons (Fsp3) is 0.538. The van der Waals surface area contributed by atoms with Gasteiger partial charge in [0, 0.05) is 18.8 Å². The average molecular weight is 230 g/mol. The lowest BCUT2D eigenvalue weighted by molar-refractivity contribution is 0.485. The number of fused-ring (bicyclic) bond motifs is 1. The average Bonchev–Trinajstić information content (AvgIpc) is 2.95. The minimum atomic E-state index is 0.558. The Morgan fingerprint density at radius 3 is 3.06 bits per heavy atom. The van der Waals surface area contributed by atoms with Crippen LogP contribution in [0.1, 0.15) is 32.6 Å². The third-order valence-corrected chi connectivity index (χ3v) is 3.64. The van der Waals surface area contributed by atoms with Gasteiger partial charge in [0.1, 0.15) is 5.82 Å². The smallest absolute Gasteiger partial charge is 0.157 e. The van der Waals surface area contributed by atoms with E-state index in [4.69, 9.17) is 0 Å². The highest BCUT2D eigenvalue weighted by Crippen LogP contribution is 2.49. The summed E-state index contributed by atoms with van der Waals surface area (Å²) < 4.78 is 1.78. The quantitative estimate of drug-likeness (QED) is 0.858. The van der Waals surface area contributed by atoms with Crippen molar-refractivity contribution in [3.05, 3.63) is 24.5 Å². The van der Waals surface area contributed by atoms with Gasteiger partial charge in [-0.2, -0.15) is 5.10 Å². The van der Waals surface area contributed by atoms with E-state index in [2.05, 4.69) is 22.3 Å². The highest BCUT2D eigenvalue weighted by Gasteiger charge is 2.41. The Labute approximate surface area is 101 Å². The fourth-order valence-corrected chi connectivity index (χ4v) is 2.41. The van der Waals surface area contributed by atoms with Crippen LogP contribution in [0.25, 0.3) is 5.65 Å². The van der Waals surface area contributed by atoms with Crippen LogP contribution >= 0.6 is 0 Å². The highest BCUT2D eigenvalue weighted by molar-refractivity contribution is 5.45. The largest absolute Gasteiger partial charge is 0.369 e. The third-order valence-electron chi connectivity index (χ3n) is 3.64. The molecule has 0 unspecified atom stereocenters. The van der Waals surface area contributed by atoms with Crippen molar-refractivity contribution < 1.29 is 0 Å². The van der Waals surface area contributed by atoms with E-state index in [1.807, 2.05) is 18.3 Å². The molecular weight excluding hydrogens is 212 g/mol. The molecule has 4 heteroatoms. The maximum absolute atomic E-state index is 4.52. The Kier molecular flexibility index (Phi) is 2.50. The Morgan fingerprint density at radius 2 is 2.29 bits per heavy atom. The van der Waals surface area contributed by atoms with Gasteiger partial charge in [-0.1, -0.05) is 13.3 Å². The maximum atomic E-state index is 4.52. The molecule has 17 heavy (non-hydrogen) atoms. The Balaban J connectivity index is 1.68. The molecule has 0 bridgehead atoms. The number of nitrogens with one attached hydrogen (secondary N) is 1. The minimum Gasteiger partial charge on any atom is -0.369 e. The van der Waals surface area contributed by atoms with E-state index in [-0.39, 0.29) is 0 Å². The molecule has 1 aliphatic carbocycles. The van der Waals surface area contributed by atoms with Gasteiger partial charge in [0.25, 0.3) is 0 Å². The van der Waals surface area contributed by atoms with Crippen LogP contribution < -0.4 is 5.32 Å². The summed E-state index contributed by atoms with van der Waals surface area (Å²) in [7, 11) is 0. The van der Waals surface area contributed by atoms with Crippen molar-refractivity contribution in [2.24, 2.45) is 5.41 Å². The summed E-state index contributed by atoms with van der Waals surface area (Å²) in [6, 6.07) is 3.91. The van der Waals surface area contributed by atoms with Crippen LogP contribution in [0.15, 0.2) is 24.5 Å². The molecule has 0 spiro atoms. The van der Waals surface area contributed by atoms with Crippen molar-refractivity contribution in [2.75, 3.05) is 11.9 Å². The Morgan fingerprint density at radius 1 is 1.41 bits per heavy atom. The van der Waals surface area contributed by atoms with Gasteiger partial charge < -0.3 is 5.32 Å². The zero-order chi connectivity index (χ0) is 11.7. The Bertz CT molecular complexity index is 513. The predicted octanol–water partition coefficient (Wildman–Crippen LogP) is 2.72. The second-order valence-electron chi connectivity index (χ2n) is 5.05. The maximum Gasteiger partial charge on any atom is 0.157 e. The normalized spacial score (nSPS) is 17.2. The SMILES string of the molecule is CCCC1(CNc2ccn3nccc3n2)CC1. The topological polar surface area (TPSA) is 42.2 Å². The van der Waals surface area contributed by atoms with Gasteiger partial charge in [0.15, 0.2) is 5.65 Å². The first-order chi connectivity index (χ1) is 8.31. The van der Waals surface area contributed by atoms with Gasteiger partial charge in [0.2, 0.25) is 0 Å². The molecule has 1 saturated carbocycles. The standard InChI is InChI=1S/C13H18N4/c1-2-5-13(6-7-13)10-14-11-4-9-17-12(16-11)3-8-15-17/h3-4,8-9H,2,5-7,10H2,1H3,(H,14,16). The van der Waals surface area contributed by atoms with Crippen LogP contribution in [0.2, 0.25) is 0 Å². The van der Waals surface area contributed by atoms with Crippen molar-refractivity contribution in [1.82, 2.24) is 14.6 Å². The van der Waals surface area contributed by atoms with E-state index < -0.39 is 0 Å². The summed E-state index contributed by atoms with van der Waals surface area (Å²) in [5.41, 5.74) is 1.46. The highest BCUT2D eigenvalue weighted by atomic mass is 15.2. The molecule has 3 rings (SSSR count). The zero-order valence-electron chi connectivity index (χ0n) is 10.2. The molecule has 2 aromatic heterocycles. The second-order valence-corrected chi connectivity index (χ2v) is 5.05. The number of rotatable bonds is 5. The predicted molar refractivity (Wildman–Crippen MR) is 68.1 cm³/mol. The molecule has 90 valence electrons. The summed E-state index contributed by atoms with van der Waals surface area (Å²) in [5, 5.41) is 7.60. The lowest BCUT2D eigenvalue weighted by Gasteiger charge is -2.15. The van der Waals surface area contributed by atoms with Gasteiger partial charge in [-0.05, 0) is 30.7 Å². The number of nitrogens with zero attached hydrogens (tertiary/aromatic N) is 3. The van der Waals surface area contributed by atoms with E-state index in [1.165, 1.54) is 25.7 Å². The molecule has 2 aromatic rings. The third kappa shape index (κ3) is 2.12. The number of aromatic nitrogens is 3. The monoisotopic (exact) mass is 230 g/mol. The molecule has 0 aliphatic heterocycles. The molecular formula is C13H18N4. The molecule has 2 heterocycles. The summed E-state index contributed by atoms with van der Waals surface area (Å²) >= 11 is 0. The fourth-order valence-electron chi connectivity index (χ4n) is 2.41. The molecule has 1 aliphatic rings. The summed E-state index contributed by atoms with van der Waals surface area (Å²) in [6.45, 7) is 3.31. The molecule has 0 radical (unpaired) electrons. The van der Waals surface area contributed by atoms with E-state index in [1.54, 1.807) is 10.7 Å². The second kappa shape index (κ2) is 4.02. The summed E-state index contributed by atoms with van der Waals surface area (Å²) in [5.74, 6) is 0.959. The van der Waals surface area contributed by atoms with Crippen LogP contribution in [0.4, 0.5) is 5.82 Å². The van der Waals surface area contributed by atoms with Crippen molar-refractivity contribution in [1.29, 1.82) is 0 Å². The first kappa shape index (κ1) is 10.6. The van der Waals surface area contributed by atoms with Crippen LogP contribution in [0.3, 0.4) is 0 Å². The molecule has 1 fully saturated rings. The molecule has 0 amide bonds. The van der Waals surface area contributed by atoms with Crippen LogP contribution in [0.5, 0.6) is 0 Å². The van der Waals surface area contributed by atoms with E-state index in [9.17, 15) is 0 Å². The van der Waals surface area contributed by atoms with Gasteiger partial charge in [-0.15, -0.1) is 0 Å². The Hall–Kier alpha value is -1.58. The first-order valence-electron chi connectivity index (χ1n) is 6.36. The zero-order valence-corrected chi connectivity index (χ0v) is 10.2.